The number of rotatable bonds is 5. The molecule has 1 N–H and O–H groups in total. The van der Waals surface area contributed by atoms with Crippen molar-refractivity contribution < 1.29 is 19.4 Å². The maximum atomic E-state index is 12.4. The fourth-order valence-corrected chi connectivity index (χ4v) is 3.24. The van der Waals surface area contributed by atoms with Crippen LogP contribution in [0.25, 0.3) is 0 Å². The summed E-state index contributed by atoms with van der Waals surface area (Å²) in [6, 6.07) is 10.8. The molecule has 1 aliphatic rings. The molecule has 26 heavy (non-hydrogen) atoms. The highest BCUT2D eigenvalue weighted by Crippen LogP contribution is 2.37. The van der Waals surface area contributed by atoms with Crippen LogP contribution in [0.3, 0.4) is 0 Å². The van der Waals surface area contributed by atoms with Crippen molar-refractivity contribution in [3.05, 3.63) is 65.4 Å². The van der Waals surface area contributed by atoms with Gasteiger partial charge in [0, 0.05) is 24.4 Å². The first kappa shape index (κ1) is 17.9. The van der Waals surface area contributed by atoms with E-state index in [9.17, 15) is 9.90 Å². The molecule has 5 nitrogen and oxygen atoms in total. The minimum atomic E-state index is -0.0473. The molecule has 0 amide bonds. The summed E-state index contributed by atoms with van der Waals surface area (Å²) in [6.45, 7) is 2.86. The van der Waals surface area contributed by atoms with E-state index in [0.29, 0.717) is 11.3 Å². The van der Waals surface area contributed by atoms with Gasteiger partial charge in [-0.05, 0) is 60.9 Å². The predicted octanol–water partition coefficient (Wildman–Crippen LogP) is 3.73. The van der Waals surface area contributed by atoms with Gasteiger partial charge in [-0.15, -0.1) is 0 Å². The molecule has 136 valence electrons. The number of methoxy groups -OCH3 is 2. The van der Waals surface area contributed by atoms with E-state index in [1.54, 1.807) is 50.6 Å². The maximum absolute atomic E-state index is 12.4. The highest BCUT2D eigenvalue weighted by atomic mass is 16.5. The lowest BCUT2D eigenvalue weighted by Gasteiger charge is -2.34. The van der Waals surface area contributed by atoms with E-state index in [2.05, 4.69) is 11.8 Å². The number of fused-ring (bicyclic) bond motifs is 1. The van der Waals surface area contributed by atoms with E-state index in [-0.39, 0.29) is 17.6 Å². The summed E-state index contributed by atoms with van der Waals surface area (Å²) in [5.41, 5.74) is 2.84. The number of phenolic OH excluding ortho intramolecular Hbond substituents is 1. The maximum Gasteiger partial charge on any atom is 0.187 e. The molecule has 0 saturated carbocycles. The van der Waals surface area contributed by atoms with Gasteiger partial charge < -0.3 is 19.5 Å². The molecule has 0 aliphatic carbocycles. The molecule has 0 aromatic heterocycles. The van der Waals surface area contributed by atoms with Crippen LogP contribution >= 0.6 is 0 Å². The Hall–Kier alpha value is -2.95. The van der Waals surface area contributed by atoms with Crippen molar-refractivity contribution in [2.75, 3.05) is 20.8 Å². The topological polar surface area (TPSA) is 59.0 Å². The van der Waals surface area contributed by atoms with E-state index in [1.807, 2.05) is 12.3 Å². The molecule has 0 unspecified atom stereocenters. The molecule has 0 saturated heterocycles. The van der Waals surface area contributed by atoms with Gasteiger partial charge >= 0.3 is 0 Å². The Bertz CT molecular complexity index is 827. The van der Waals surface area contributed by atoms with Gasteiger partial charge in [-0.25, -0.2) is 0 Å². The lowest BCUT2D eigenvalue weighted by atomic mass is 9.93. The van der Waals surface area contributed by atoms with Crippen molar-refractivity contribution in [1.29, 1.82) is 0 Å². The van der Waals surface area contributed by atoms with E-state index in [0.717, 1.165) is 29.8 Å². The summed E-state index contributed by atoms with van der Waals surface area (Å²) >= 11 is 0. The second-order valence-corrected chi connectivity index (χ2v) is 6.30. The van der Waals surface area contributed by atoms with Crippen molar-refractivity contribution in [2.45, 2.75) is 19.4 Å². The second-order valence-electron chi connectivity index (χ2n) is 6.30. The molecule has 0 radical (unpaired) electrons. The number of hydrogen-bond donors (Lipinski definition) is 1. The highest BCUT2D eigenvalue weighted by Gasteiger charge is 2.23. The molecular formula is C21H23NO4. The van der Waals surface area contributed by atoms with Crippen LogP contribution in [-0.2, 0) is 6.42 Å². The van der Waals surface area contributed by atoms with Crippen LogP contribution in [0.15, 0.2) is 48.7 Å². The lowest BCUT2D eigenvalue weighted by molar-refractivity contribution is 0.104. The number of ketones is 1. The van der Waals surface area contributed by atoms with E-state index in [4.69, 9.17) is 9.47 Å². The summed E-state index contributed by atoms with van der Waals surface area (Å²) in [5.74, 6) is 1.31. The Morgan fingerprint density at radius 2 is 1.92 bits per heavy atom. The first-order chi connectivity index (χ1) is 12.5. The molecule has 1 atom stereocenters. The monoisotopic (exact) mass is 353 g/mol. The number of carbonyl (C=O) groups excluding carboxylic acids is 1. The largest absolute Gasteiger partial charge is 0.504 e. The first-order valence-electron chi connectivity index (χ1n) is 8.55. The fraction of sp³-hybridized carbons (Fsp3) is 0.286. The molecule has 0 bridgehead atoms. The van der Waals surface area contributed by atoms with Crippen molar-refractivity contribution in [3.8, 4) is 17.2 Å². The predicted molar refractivity (Wildman–Crippen MR) is 99.9 cm³/mol. The number of allylic oxidation sites excluding steroid dienone is 1. The molecule has 3 rings (SSSR count). The number of nitrogens with zero attached hydrogens (tertiary/aromatic N) is 1. The van der Waals surface area contributed by atoms with Gasteiger partial charge in [-0.1, -0.05) is 0 Å². The minimum Gasteiger partial charge on any atom is -0.504 e. The fourth-order valence-electron chi connectivity index (χ4n) is 3.24. The summed E-state index contributed by atoms with van der Waals surface area (Å²) in [5, 5.41) is 9.95. The van der Waals surface area contributed by atoms with Crippen LogP contribution in [0, 0.1) is 0 Å². The average molecular weight is 353 g/mol. The van der Waals surface area contributed by atoms with Gasteiger partial charge in [0.2, 0.25) is 0 Å². The van der Waals surface area contributed by atoms with Crippen molar-refractivity contribution in [1.82, 2.24) is 4.90 Å². The zero-order valence-electron chi connectivity index (χ0n) is 15.2. The number of aromatic hydroxyl groups is 1. The molecule has 5 heteroatoms. The Kier molecular flexibility index (Phi) is 5.16. The van der Waals surface area contributed by atoms with E-state index >= 15 is 0 Å². The van der Waals surface area contributed by atoms with Crippen LogP contribution in [0.4, 0.5) is 0 Å². The molecule has 0 spiro atoms. The first-order valence-corrected chi connectivity index (χ1v) is 8.55. The van der Waals surface area contributed by atoms with Gasteiger partial charge in [0.25, 0.3) is 0 Å². The standard InChI is InChI=1S/C21H23NO4/c1-14-18-13-21(26-3)20(24)12-16(18)8-10-22(14)11-9-19(23)15-4-6-17(25-2)7-5-15/h4-7,9,11-14,24H,8,10H2,1-3H3/t14-/m1/s1. The average Bonchev–Trinajstić information content (AvgIpc) is 2.67. The van der Waals surface area contributed by atoms with Crippen molar-refractivity contribution >= 4 is 5.78 Å². The smallest absolute Gasteiger partial charge is 0.187 e. The quantitative estimate of drug-likeness (QED) is 0.656. The number of benzene rings is 2. The summed E-state index contributed by atoms with van der Waals surface area (Å²) in [4.78, 5) is 14.5. The summed E-state index contributed by atoms with van der Waals surface area (Å²) in [6.07, 6.45) is 4.25. The van der Waals surface area contributed by atoms with E-state index < -0.39 is 0 Å². The normalized spacial score (nSPS) is 16.4. The zero-order valence-corrected chi connectivity index (χ0v) is 15.2. The Morgan fingerprint density at radius 3 is 2.58 bits per heavy atom. The summed E-state index contributed by atoms with van der Waals surface area (Å²) in [7, 11) is 3.14. The van der Waals surface area contributed by atoms with Crippen LogP contribution in [-0.4, -0.2) is 36.6 Å². The molecular weight excluding hydrogens is 330 g/mol. The second kappa shape index (κ2) is 7.52. The molecule has 1 aliphatic heterocycles. The van der Waals surface area contributed by atoms with Crippen LogP contribution < -0.4 is 9.47 Å². The van der Waals surface area contributed by atoms with Gasteiger partial charge in [-0.2, -0.15) is 0 Å². The zero-order chi connectivity index (χ0) is 18.7. The van der Waals surface area contributed by atoms with E-state index in [1.165, 1.54) is 0 Å². The molecule has 2 aromatic carbocycles. The van der Waals surface area contributed by atoms with Crippen LogP contribution in [0.5, 0.6) is 17.2 Å². The van der Waals surface area contributed by atoms with Crippen molar-refractivity contribution in [2.24, 2.45) is 0 Å². The Balaban J connectivity index is 1.76. The number of ether oxygens (including phenoxy) is 2. The third-order valence-corrected chi connectivity index (χ3v) is 4.82. The Morgan fingerprint density at radius 1 is 1.19 bits per heavy atom. The number of phenols is 1. The third-order valence-electron chi connectivity index (χ3n) is 4.82. The molecule has 2 aromatic rings. The molecule has 1 heterocycles. The van der Waals surface area contributed by atoms with Crippen LogP contribution in [0.2, 0.25) is 0 Å². The summed E-state index contributed by atoms with van der Waals surface area (Å²) < 4.78 is 10.3. The molecule has 0 fully saturated rings. The minimum absolute atomic E-state index is 0.0473. The van der Waals surface area contributed by atoms with Crippen LogP contribution in [0.1, 0.15) is 34.5 Å². The Labute approximate surface area is 153 Å². The lowest BCUT2D eigenvalue weighted by Crippen LogP contribution is -2.29. The third kappa shape index (κ3) is 3.52. The number of carbonyl (C=O) groups is 1. The highest BCUT2D eigenvalue weighted by molar-refractivity contribution is 6.04. The number of hydrogen-bond acceptors (Lipinski definition) is 5. The van der Waals surface area contributed by atoms with Gasteiger partial charge in [0.1, 0.15) is 5.75 Å². The van der Waals surface area contributed by atoms with Gasteiger partial charge in [-0.3, -0.25) is 4.79 Å². The SMILES string of the molecule is COc1ccc(C(=O)C=CN2CCc3cc(O)c(OC)cc3[C@H]2C)cc1. The van der Waals surface area contributed by atoms with Crippen molar-refractivity contribution in [3.63, 3.8) is 0 Å². The van der Waals surface area contributed by atoms with Gasteiger partial charge in [0.05, 0.1) is 20.3 Å². The van der Waals surface area contributed by atoms with Gasteiger partial charge in [0.15, 0.2) is 17.3 Å².